The van der Waals surface area contributed by atoms with Crippen LogP contribution in [0.1, 0.15) is 36.4 Å². The first-order valence-electron chi connectivity index (χ1n) is 8.33. The number of hydrogen-bond donors (Lipinski definition) is 0. The van der Waals surface area contributed by atoms with Crippen molar-refractivity contribution < 1.29 is 0 Å². The Labute approximate surface area is 152 Å². The summed E-state index contributed by atoms with van der Waals surface area (Å²) < 4.78 is 3.38. The molecule has 3 heterocycles. The minimum Gasteiger partial charge on any atom is -0.273 e. The van der Waals surface area contributed by atoms with E-state index in [2.05, 4.69) is 38.5 Å². The minimum absolute atomic E-state index is 0.376. The maximum absolute atomic E-state index is 5.67. The third-order valence-electron chi connectivity index (χ3n) is 4.63. The van der Waals surface area contributed by atoms with Crippen LogP contribution in [0.25, 0.3) is 17.2 Å². The van der Waals surface area contributed by atoms with Crippen molar-refractivity contribution in [3.05, 3.63) is 42.2 Å². The largest absolute Gasteiger partial charge is 0.273 e. The molecule has 2 atom stereocenters. The second kappa shape index (κ2) is 6.05. The predicted molar refractivity (Wildman–Crippen MR) is 102 cm³/mol. The van der Waals surface area contributed by atoms with E-state index >= 15 is 0 Å². The van der Waals surface area contributed by atoms with Crippen molar-refractivity contribution in [3.8, 4) is 11.5 Å². The van der Waals surface area contributed by atoms with Gasteiger partial charge in [-0.1, -0.05) is 18.7 Å². The molecular weight excluding hydrogens is 325 g/mol. The molecule has 1 aliphatic rings. The zero-order valence-corrected chi connectivity index (χ0v) is 14.8. The van der Waals surface area contributed by atoms with Gasteiger partial charge >= 0.3 is 0 Å². The lowest BCUT2D eigenvalue weighted by atomic mass is 10.0. The summed E-state index contributed by atoms with van der Waals surface area (Å²) in [4.78, 5) is 12.5. The Morgan fingerprint density at radius 1 is 1.31 bits per heavy atom. The summed E-state index contributed by atoms with van der Waals surface area (Å²) in [6.45, 7) is 9.28. The molecule has 0 spiro atoms. The molecule has 4 rings (SSSR count). The fourth-order valence-corrected chi connectivity index (χ4v) is 3.18. The van der Waals surface area contributed by atoms with Gasteiger partial charge in [0.15, 0.2) is 0 Å². The summed E-state index contributed by atoms with van der Waals surface area (Å²) in [5, 5.41) is 9.14. The fourth-order valence-electron chi connectivity index (χ4n) is 3.18. The van der Waals surface area contributed by atoms with Crippen molar-refractivity contribution in [2.75, 3.05) is 0 Å². The predicted octanol–water partition coefficient (Wildman–Crippen LogP) is 1.96. The molecule has 8 heteroatoms. The van der Waals surface area contributed by atoms with Crippen LogP contribution in [-0.4, -0.2) is 44.1 Å². The monoisotopic (exact) mass is 343 g/mol. The molecule has 0 N–H and O–H groups in total. The Hall–Kier alpha value is -3.03. The van der Waals surface area contributed by atoms with E-state index in [0.717, 1.165) is 23.5 Å². The van der Waals surface area contributed by atoms with E-state index in [1.807, 2.05) is 38.4 Å². The summed E-state index contributed by atoms with van der Waals surface area (Å²) in [6, 6.07) is 5.92. The molecule has 0 aromatic carbocycles. The molecule has 0 saturated heterocycles. The molecule has 3 aromatic rings. The highest BCUT2D eigenvalue weighted by molar-refractivity contribution is 6.30. The Kier molecular flexibility index (Phi) is 3.83. The third-order valence-corrected chi connectivity index (χ3v) is 4.63. The Bertz CT molecular complexity index is 999. The first-order chi connectivity index (χ1) is 12.5. The first-order valence-corrected chi connectivity index (χ1v) is 8.33. The van der Waals surface area contributed by atoms with Crippen LogP contribution in [0, 0.1) is 0 Å². The number of rotatable bonds is 5. The zero-order valence-electron chi connectivity index (χ0n) is 14.8. The van der Waals surface area contributed by atoms with Gasteiger partial charge in [-0.3, -0.25) is 9.67 Å². The summed E-state index contributed by atoms with van der Waals surface area (Å²) in [5.41, 5.74) is 4.33. The van der Waals surface area contributed by atoms with Crippen molar-refractivity contribution in [3.63, 3.8) is 0 Å². The van der Waals surface area contributed by atoms with Crippen LogP contribution in [0.5, 0.6) is 0 Å². The average Bonchev–Trinajstić information content (AvgIpc) is 3.13. The zero-order chi connectivity index (χ0) is 18.4. The molecular formula is C18H18BN7. The van der Waals surface area contributed by atoms with Gasteiger partial charge in [0, 0.05) is 24.9 Å². The summed E-state index contributed by atoms with van der Waals surface area (Å²) in [6.07, 6.45) is 2.90. The molecule has 1 saturated carbocycles. The van der Waals surface area contributed by atoms with Gasteiger partial charge in [0.2, 0.25) is 5.82 Å². The summed E-state index contributed by atoms with van der Waals surface area (Å²) in [7, 11) is 7.56. The molecule has 1 aliphatic carbocycles. The van der Waals surface area contributed by atoms with Crippen molar-refractivity contribution in [1.29, 1.82) is 0 Å². The van der Waals surface area contributed by atoms with Gasteiger partial charge in [-0.05, 0) is 43.2 Å². The summed E-state index contributed by atoms with van der Waals surface area (Å²) >= 11 is 0. The van der Waals surface area contributed by atoms with Crippen molar-refractivity contribution in [1.82, 2.24) is 29.5 Å². The van der Waals surface area contributed by atoms with Crippen LogP contribution in [-0.2, 0) is 7.05 Å². The molecule has 2 radical (unpaired) electrons. The van der Waals surface area contributed by atoms with Gasteiger partial charge in [0.25, 0.3) is 5.95 Å². The third kappa shape index (κ3) is 2.77. The highest BCUT2D eigenvalue weighted by Gasteiger charge is 2.41. The molecule has 0 amide bonds. The van der Waals surface area contributed by atoms with E-state index in [9.17, 15) is 0 Å². The van der Waals surface area contributed by atoms with Gasteiger partial charge in [-0.2, -0.15) is 10.1 Å². The van der Waals surface area contributed by atoms with Crippen LogP contribution in [0.2, 0.25) is 0 Å². The molecule has 128 valence electrons. The van der Waals surface area contributed by atoms with E-state index in [0.29, 0.717) is 29.2 Å². The second-order valence-corrected chi connectivity index (χ2v) is 6.58. The first kappa shape index (κ1) is 16.4. The fraction of sp³-hybridized carbons (Fsp3) is 0.278. The van der Waals surface area contributed by atoms with Crippen LogP contribution in [0.3, 0.4) is 0 Å². The quantitative estimate of drug-likeness (QED) is 0.524. The molecule has 3 aromatic heterocycles. The Morgan fingerprint density at radius 3 is 2.73 bits per heavy atom. The maximum Gasteiger partial charge on any atom is 0.252 e. The van der Waals surface area contributed by atoms with Crippen LogP contribution in [0.15, 0.2) is 36.0 Å². The van der Waals surface area contributed by atoms with Crippen LogP contribution >= 0.6 is 0 Å². The molecule has 7 nitrogen and oxygen atoms in total. The molecule has 0 bridgehead atoms. The number of aromatic nitrogens is 6. The van der Waals surface area contributed by atoms with E-state index in [-0.39, 0.29) is 0 Å². The van der Waals surface area contributed by atoms with Gasteiger partial charge in [-0.25, -0.2) is 9.67 Å². The smallest absolute Gasteiger partial charge is 0.252 e. The molecule has 1 fully saturated rings. The maximum atomic E-state index is 5.67. The SMILES string of the molecule is [B]c1ccc(C2CC2c2cc(-c3nc(N=C)n(C(=C)C)n3)n(C)n2)cn1. The minimum atomic E-state index is 0.376. The lowest BCUT2D eigenvalue weighted by Crippen LogP contribution is -2.06. The second-order valence-electron chi connectivity index (χ2n) is 6.58. The molecule has 0 aliphatic heterocycles. The van der Waals surface area contributed by atoms with Gasteiger partial charge in [0.05, 0.1) is 5.69 Å². The number of hydrogen-bond acceptors (Lipinski definition) is 5. The number of aryl methyl sites for hydroxylation is 1. The van der Waals surface area contributed by atoms with Crippen molar-refractivity contribution in [2.45, 2.75) is 25.2 Å². The van der Waals surface area contributed by atoms with Crippen molar-refractivity contribution in [2.24, 2.45) is 12.0 Å². The molecule has 26 heavy (non-hydrogen) atoms. The van der Waals surface area contributed by atoms with Gasteiger partial charge in [0.1, 0.15) is 13.5 Å². The topological polar surface area (TPSA) is 73.8 Å². The number of aliphatic imine (C=N–C) groups is 1. The standard InChI is InChI=1S/C18H18BN7/c1-10(2)26-18(20-3)22-17(24-26)15-8-14(23-25(15)4)13-7-12(13)11-5-6-16(19)21-9-11/h5-6,8-9,12-13H,1,3,7H2,2,4H3. The highest BCUT2D eigenvalue weighted by atomic mass is 15.4. The van der Waals surface area contributed by atoms with E-state index in [1.165, 1.54) is 5.56 Å². The van der Waals surface area contributed by atoms with E-state index in [4.69, 9.17) is 7.85 Å². The van der Waals surface area contributed by atoms with E-state index < -0.39 is 0 Å². The number of nitrogens with zero attached hydrogens (tertiary/aromatic N) is 7. The van der Waals surface area contributed by atoms with Crippen molar-refractivity contribution >= 4 is 31.8 Å². The molecule has 2 unspecified atom stereocenters. The Balaban J connectivity index is 1.62. The lowest BCUT2D eigenvalue weighted by molar-refractivity contribution is 0.742. The number of pyridine rings is 1. The average molecular weight is 343 g/mol. The highest BCUT2D eigenvalue weighted by Crippen LogP contribution is 2.54. The number of allylic oxidation sites excluding steroid dienone is 1. The van der Waals surface area contributed by atoms with Crippen LogP contribution in [0.4, 0.5) is 5.95 Å². The summed E-state index contributed by atoms with van der Waals surface area (Å²) in [5.74, 6) is 1.79. The Morgan fingerprint density at radius 2 is 2.12 bits per heavy atom. The lowest BCUT2D eigenvalue weighted by Gasteiger charge is -1.99. The van der Waals surface area contributed by atoms with Gasteiger partial charge < -0.3 is 0 Å². The van der Waals surface area contributed by atoms with Crippen LogP contribution < -0.4 is 5.59 Å². The normalized spacial score (nSPS) is 18.7. The van der Waals surface area contributed by atoms with Gasteiger partial charge in [-0.15, -0.1) is 5.10 Å². The van der Waals surface area contributed by atoms with E-state index in [1.54, 1.807) is 9.36 Å².